The number of primary amides is 1. The van der Waals surface area contributed by atoms with Gasteiger partial charge in [-0.3, -0.25) is 4.79 Å². The average molecular weight is 301 g/mol. The molecule has 0 saturated carbocycles. The standard InChI is InChI=1S/C12H19N3O4S/c1-9(2)8-19-5-4-14-20(17,18)10-6-11(12(13)16)15(3)7-10/h6-7,14H,1,4-5,8H2,2-3H3,(H2,13,16). The molecule has 112 valence electrons. The van der Waals surface area contributed by atoms with E-state index >= 15 is 0 Å². The van der Waals surface area contributed by atoms with Gasteiger partial charge in [0.2, 0.25) is 10.0 Å². The fraction of sp³-hybridized carbons (Fsp3) is 0.417. The second-order valence-electron chi connectivity index (χ2n) is 4.44. The van der Waals surface area contributed by atoms with Gasteiger partial charge >= 0.3 is 0 Å². The monoisotopic (exact) mass is 301 g/mol. The van der Waals surface area contributed by atoms with Crippen molar-refractivity contribution in [3.8, 4) is 0 Å². The summed E-state index contributed by atoms with van der Waals surface area (Å²) in [6.45, 7) is 6.25. The Morgan fingerprint density at radius 1 is 1.55 bits per heavy atom. The second kappa shape index (κ2) is 6.69. The molecule has 1 aromatic heterocycles. The molecule has 0 aliphatic carbocycles. The summed E-state index contributed by atoms with van der Waals surface area (Å²) in [7, 11) is -2.13. The van der Waals surface area contributed by atoms with E-state index in [1.165, 1.54) is 16.8 Å². The molecule has 1 aromatic rings. The first-order valence-corrected chi connectivity index (χ1v) is 7.40. The van der Waals surface area contributed by atoms with E-state index in [1.807, 2.05) is 6.92 Å². The van der Waals surface area contributed by atoms with Gasteiger partial charge in [-0.15, -0.1) is 0 Å². The molecule has 20 heavy (non-hydrogen) atoms. The second-order valence-corrected chi connectivity index (χ2v) is 6.21. The molecular formula is C12H19N3O4S. The van der Waals surface area contributed by atoms with Crippen molar-refractivity contribution in [2.75, 3.05) is 19.8 Å². The average Bonchev–Trinajstić information content (AvgIpc) is 2.71. The molecule has 1 amide bonds. The van der Waals surface area contributed by atoms with Crippen LogP contribution in [0.15, 0.2) is 29.3 Å². The van der Waals surface area contributed by atoms with Crippen LogP contribution in [0.5, 0.6) is 0 Å². The minimum Gasteiger partial charge on any atom is -0.376 e. The van der Waals surface area contributed by atoms with Gasteiger partial charge in [0.25, 0.3) is 5.91 Å². The predicted octanol–water partition coefficient (Wildman–Crippen LogP) is -0.00500. The number of sulfonamides is 1. The quantitative estimate of drug-likeness (QED) is 0.521. The lowest BCUT2D eigenvalue weighted by atomic mass is 10.4. The molecule has 0 saturated heterocycles. The highest BCUT2D eigenvalue weighted by Gasteiger charge is 2.18. The molecule has 1 rings (SSSR count). The van der Waals surface area contributed by atoms with Gasteiger partial charge in [-0.05, 0) is 13.0 Å². The highest BCUT2D eigenvalue weighted by Crippen LogP contribution is 2.12. The van der Waals surface area contributed by atoms with Crippen molar-refractivity contribution in [2.45, 2.75) is 11.8 Å². The van der Waals surface area contributed by atoms with Crippen LogP contribution in [-0.4, -0.2) is 38.7 Å². The predicted molar refractivity (Wildman–Crippen MR) is 74.8 cm³/mol. The normalized spacial score (nSPS) is 11.5. The smallest absolute Gasteiger partial charge is 0.265 e. The molecule has 0 spiro atoms. The van der Waals surface area contributed by atoms with Crippen LogP contribution in [0.4, 0.5) is 0 Å². The summed E-state index contributed by atoms with van der Waals surface area (Å²) in [4.78, 5) is 11.1. The van der Waals surface area contributed by atoms with Crippen LogP contribution in [0.2, 0.25) is 0 Å². The number of carbonyl (C=O) groups excluding carboxylic acids is 1. The topological polar surface area (TPSA) is 103 Å². The Balaban J connectivity index is 2.63. The van der Waals surface area contributed by atoms with Crippen LogP contribution >= 0.6 is 0 Å². The maximum Gasteiger partial charge on any atom is 0.265 e. The van der Waals surface area contributed by atoms with Gasteiger partial charge in [0.15, 0.2) is 0 Å². The summed E-state index contributed by atoms with van der Waals surface area (Å²) >= 11 is 0. The Hall–Kier alpha value is -1.64. The lowest BCUT2D eigenvalue weighted by Gasteiger charge is -2.06. The Morgan fingerprint density at radius 2 is 2.20 bits per heavy atom. The van der Waals surface area contributed by atoms with Crippen LogP contribution in [0.3, 0.4) is 0 Å². The molecule has 0 aromatic carbocycles. The Bertz CT molecular complexity index is 604. The number of nitrogens with one attached hydrogen (secondary N) is 1. The van der Waals surface area contributed by atoms with E-state index in [4.69, 9.17) is 10.5 Å². The van der Waals surface area contributed by atoms with E-state index in [1.54, 1.807) is 7.05 Å². The number of amides is 1. The third kappa shape index (κ3) is 4.48. The van der Waals surface area contributed by atoms with E-state index in [9.17, 15) is 13.2 Å². The van der Waals surface area contributed by atoms with Gasteiger partial charge < -0.3 is 15.0 Å². The zero-order valence-corrected chi connectivity index (χ0v) is 12.4. The number of rotatable bonds is 8. The molecule has 0 bridgehead atoms. The number of hydrogen-bond acceptors (Lipinski definition) is 4. The number of aromatic nitrogens is 1. The van der Waals surface area contributed by atoms with Crippen molar-refractivity contribution in [3.05, 3.63) is 30.1 Å². The van der Waals surface area contributed by atoms with Crippen molar-refractivity contribution in [3.63, 3.8) is 0 Å². The van der Waals surface area contributed by atoms with E-state index in [2.05, 4.69) is 11.3 Å². The van der Waals surface area contributed by atoms with Gasteiger partial charge in [-0.2, -0.15) is 0 Å². The first kappa shape index (κ1) is 16.4. The molecule has 0 unspecified atom stereocenters. The molecule has 0 fully saturated rings. The highest BCUT2D eigenvalue weighted by atomic mass is 32.2. The summed E-state index contributed by atoms with van der Waals surface area (Å²) in [5, 5.41) is 0. The van der Waals surface area contributed by atoms with E-state index in [0.717, 1.165) is 5.57 Å². The van der Waals surface area contributed by atoms with Gasteiger partial charge in [0, 0.05) is 19.8 Å². The number of aryl methyl sites for hydroxylation is 1. The van der Waals surface area contributed by atoms with Crippen molar-refractivity contribution in [1.29, 1.82) is 0 Å². The third-order valence-corrected chi connectivity index (χ3v) is 3.86. The lowest BCUT2D eigenvalue weighted by molar-refractivity contribution is 0.0992. The number of carbonyl (C=O) groups is 1. The maximum absolute atomic E-state index is 12.0. The van der Waals surface area contributed by atoms with Gasteiger partial charge in [0.1, 0.15) is 10.6 Å². The summed E-state index contributed by atoms with van der Waals surface area (Å²) in [6.07, 6.45) is 1.33. The fourth-order valence-electron chi connectivity index (χ4n) is 1.50. The highest BCUT2D eigenvalue weighted by molar-refractivity contribution is 7.89. The first-order chi connectivity index (χ1) is 9.24. The zero-order valence-electron chi connectivity index (χ0n) is 11.5. The van der Waals surface area contributed by atoms with Crippen molar-refractivity contribution in [2.24, 2.45) is 12.8 Å². The first-order valence-electron chi connectivity index (χ1n) is 5.92. The number of nitrogens with two attached hydrogens (primary N) is 1. The Kier molecular flexibility index (Phi) is 5.49. The van der Waals surface area contributed by atoms with Gasteiger partial charge in [-0.1, -0.05) is 12.2 Å². The minimum absolute atomic E-state index is 0.00583. The Labute approximate surface area is 118 Å². The maximum atomic E-state index is 12.0. The number of hydrogen-bond donors (Lipinski definition) is 2. The summed E-state index contributed by atoms with van der Waals surface area (Å²) in [5.74, 6) is -0.682. The molecular weight excluding hydrogens is 282 g/mol. The minimum atomic E-state index is -3.68. The summed E-state index contributed by atoms with van der Waals surface area (Å²) < 4.78 is 32.9. The van der Waals surface area contributed by atoms with Gasteiger partial charge in [-0.25, -0.2) is 13.1 Å². The number of ether oxygens (including phenoxy) is 1. The largest absolute Gasteiger partial charge is 0.376 e. The summed E-state index contributed by atoms with van der Waals surface area (Å²) in [5.41, 5.74) is 6.13. The van der Waals surface area contributed by atoms with E-state index in [-0.39, 0.29) is 23.7 Å². The van der Waals surface area contributed by atoms with E-state index < -0.39 is 15.9 Å². The van der Waals surface area contributed by atoms with Crippen LogP contribution in [0.25, 0.3) is 0 Å². The van der Waals surface area contributed by atoms with E-state index in [0.29, 0.717) is 6.61 Å². The van der Waals surface area contributed by atoms with Crippen molar-refractivity contribution >= 4 is 15.9 Å². The Morgan fingerprint density at radius 3 is 2.70 bits per heavy atom. The molecule has 7 nitrogen and oxygen atoms in total. The molecule has 0 aliphatic heterocycles. The summed E-state index contributed by atoms with van der Waals surface area (Å²) in [6, 6.07) is 1.24. The van der Waals surface area contributed by atoms with Crippen LogP contribution in [0, 0.1) is 0 Å². The van der Waals surface area contributed by atoms with Gasteiger partial charge in [0.05, 0.1) is 13.2 Å². The van der Waals surface area contributed by atoms with Crippen LogP contribution in [0.1, 0.15) is 17.4 Å². The molecule has 0 aliphatic rings. The van der Waals surface area contributed by atoms with Crippen LogP contribution in [-0.2, 0) is 21.8 Å². The number of nitrogens with zero attached hydrogens (tertiary/aromatic N) is 1. The fourth-order valence-corrected chi connectivity index (χ4v) is 2.59. The SMILES string of the molecule is C=C(C)COCCNS(=O)(=O)c1cc(C(N)=O)n(C)c1. The molecule has 1 heterocycles. The molecule has 0 radical (unpaired) electrons. The van der Waals surface area contributed by atoms with Crippen LogP contribution < -0.4 is 10.5 Å². The lowest BCUT2D eigenvalue weighted by Crippen LogP contribution is -2.27. The molecule has 0 atom stereocenters. The van der Waals surface area contributed by atoms with Crippen molar-refractivity contribution < 1.29 is 17.9 Å². The molecule has 3 N–H and O–H groups in total. The zero-order chi connectivity index (χ0) is 15.3. The molecule has 8 heteroatoms. The third-order valence-electron chi connectivity index (χ3n) is 2.43. The van der Waals surface area contributed by atoms with Crippen molar-refractivity contribution in [1.82, 2.24) is 9.29 Å².